The lowest BCUT2D eigenvalue weighted by Gasteiger charge is -2.13. The highest BCUT2D eigenvalue weighted by Gasteiger charge is 2.36. The van der Waals surface area contributed by atoms with Crippen LogP contribution >= 0.6 is 23.4 Å². The van der Waals surface area contributed by atoms with E-state index in [2.05, 4.69) is 5.32 Å². The van der Waals surface area contributed by atoms with E-state index in [9.17, 15) is 19.2 Å². The van der Waals surface area contributed by atoms with Crippen molar-refractivity contribution in [3.8, 4) is 0 Å². The number of fused-ring (bicyclic) bond motifs is 1. The molecule has 164 valence electrons. The Balaban J connectivity index is 1.52. The second-order valence-electron chi connectivity index (χ2n) is 7.43. The first-order valence-electron chi connectivity index (χ1n) is 9.62. The van der Waals surface area contributed by atoms with Crippen molar-refractivity contribution in [1.82, 2.24) is 14.0 Å². The number of aromatic nitrogens is 2. The molecule has 0 saturated carbocycles. The third-order valence-corrected chi connectivity index (χ3v) is 6.54. The quantitative estimate of drug-likeness (QED) is 0.589. The van der Waals surface area contributed by atoms with E-state index in [-0.39, 0.29) is 10.6 Å². The smallest absolute Gasteiger partial charge is 0.324 e. The molecule has 0 aliphatic carbocycles. The number of hydrogen-bond donors (Lipinski definition) is 1. The van der Waals surface area contributed by atoms with E-state index < -0.39 is 23.6 Å². The van der Waals surface area contributed by atoms with Crippen molar-refractivity contribution >= 4 is 63.2 Å². The average molecular weight is 471 g/mol. The van der Waals surface area contributed by atoms with Gasteiger partial charge in [0.1, 0.15) is 6.54 Å². The van der Waals surface area contributed by atoms with Gasteiger partial charge in [-0.2, -0.15) is 0 Å². The van der Waals surface area contributed by atoms with Crippen LogP contribution in [0, 0.1) is 6.92 Å². The van der Waals surface area contributed by atoms with Gasteiger partial charge < -0.3 is 5.32 Å². The fourth-order valence-electron chi connectivity index (χ4n) is 3.42. The number of imide groups is 1. The fraction of sp³-hybridized carbons (Fsp3) is 0.182. The number of nitrogens with zero attached hydrogens (tertiary/aromatic N) is 3. The Hall–Kier alpha value is -3.30. The van der Waals surface area contributed by atoms with E-state index >= 15 is 0 Å². The summed E-state index contributed by atoms with van der Waals surface area (Å²) in [6.07, 6.45) is 1.58. The van der Waals surface area contributed by atoms with Gasteiger partial charge in [0.2, 0.25) is 5.91 Å². The van der Waals surface area contributed by atoms with Crippen molar-refractivity contribution in [2.75, 3.05) is 11.9 Å². The third kappa shape index (κ3) is 3.96. The summed E-state index contributed by atoms with van der Waals surface area (Å²) in [4.78, 5) is 50.7. The first-order valence-corrected chi connectivity index (χ1v) is 10.8. The molecule has 0 unspecified atom stereocenters. The molecule has 3 aromatic rings. The molecule has 0 atom stereocenters. The summed E-state index contributed by atoms with van der Waals surface area (Å²) in [6, 6.07) is 10.4. The predicted molar refractivity (Wildman–Crippen MR) is 126 cm³/mol. The minimum Gasteiger partial charge on any atom is -0.324 e. The van der Waals surface area contributed by atoms with Crippen LogP contribution in [0.4, 0.5) is 10.5 Å². The van der Waals surface area contributed by atoms with Gasteiger partial charge in [0.15, 0.2) is 0 Å². The molecule has 2 aromatic carbocycles. The van der Waals surface area contributed by atoms with E-state index in [0.29, 0.717) is 21.8 Å². The van der Waals surface area contributed by atoms with Crippen molar-refractivity contribution in [3.05, 3.63) is 67.9 Å². The number of carbonyl (C=O) groups is 3. The summed E-state index contributed by atoms with van der Waals surface area (Å²) in [5, 5.41) is 2.63. The summed E-state index contributed by atoms with van der Waals surface area (Å²) in [5.41, 5.74) is 3.34. The standard InChI is InChI=1S/C22H19ClN4O4S/c1-12-4-6-14(10-15(12)23)24-19(28)11-27-20(29)18(32-22(27)31)9-13-5-7-16-17(8-13)26(3)21(30)25(16)2/h4-10H,11H2,1-3H3,(H,24,28). The van der Waals surface area contributed by atoms with Crippen LogP contribution in [0.5, 0.6) is 0 Å². The molecule has 1 aliphatic heterocycles. The number of aryl methyl sites for hydroxylation is 3. The summed E-state index contributed by atoms with van der Waals surface area (Å²) < 4.78 is 3.05. The maximum absolute atomic E-state index is 12.8. The highest BCUT2D eigenvalue weighted by Crippen LogP contribution is 2.32. The molecule has 1 N–H and O–H groups in total. The molecular weight excluding hydrogens is 452 g/mol. The zero-order valence-electron chi connectivity index (χ0n) is 17.5. The number of rotatable bonds is 4. The van der Waals surface area contributed by atoms with Gasteiger partial charge in [0.25, 0.3) is 11.1 Å². The second-order valence-corrected chi connectivity index (χ2v) is 8.83. The number of imidazole rings is 1. The molecular formula is C22H19ClN4O4S. The van der Waals surface area contributed by atoms with Crippen LogP contribution in [0.25, 0.3) is 17.1 Å². The molecule has 3 amide bonds. The Morgan fingerprint density at radius 3 is 2.50 bits per heavy atom. The number of halogens is 1. The number of anilines is 1. The monoisotopic (exact) mass is 470 g/mol. The molecule has 1 aliphatic rings. The number of nitrogens with one attached hydrogen (secondary N) is 1. The van der Waals surface area contributed by atoms with Gasteiger partial charge in [0, 0.05) is 24.8 Å². The van der Waals surface area contributed by atoms with Gasteiger partial charge >= 0.3 is 5.69 Å². The molecule has 0 bridgehead atoms. The number of amides is 3. The molecule has 10 heteroatoms. The highest BCUT2D eigenvalue weighted by atomic mass is 35.5. The minimum atomic E-state index is -0.542. The summed E-state index contributed by atoms with van der Waals surface area (Å²) in [7, 11) is 3.35. The largest absolute Gasteiger partial charge is 0.328 e. The van der Waals surface area contributed by atoms with Crippen LogP contribution < -0.4 is 11.0 Å². The Kier molecular flexibility index (Phi) is 5.70. The van der Waals surface area contributed by atoms with Gasteiger partial charge in [-0.05, 0) is 60.2 Å². The van der Waals surface area contributed by atoms with E-state index in [1.807, 2.05) is 6.92 Å². The lowest BCUT2D eigenvalue weighted by Crippen LogP contribution is -2.36. The van der Waals surface area contributed by atoms with Crippen molar-refractivity contribution in [2.45, 2.75) is 6.92 Å². The highest BCUT2D eigenvalue weighted by molar-refractivity contribution is 8.18. The molecule has 0 spiro atoms. The van der Waals surface area contributed by atoms with Crippen LogP contribution in [0.1, 0.15) is 11.1 Å². The maximum Gasteiger partial charge on any atom is 0.328 e. The Morgan fingerprint density at radius 2 is 1.78 bits per heavy atom. The van der Waals surface area contributed by atoms with E-state index in [1.165, 1.54) is 9.13 Å². The molecule has 0 radical (unpaired) electrons. The van der Waals surface area contributed by atoms with Crippen LogP contribution in [0.2, 0.25) is 5.02 Å². The van der Waals surface area contributed by atoms with Gasteiger partial charge in [-0.15, -0.1) is 0 Å². The molecule has 2 heterocycles. The third-order valence-electron chi connectivity index (χ3n) is 5.22. The molecule has 8 nitrogen and oxygen atoms in total. The molecule has 1 saturated heterocycles. The zero-order chi connectivity index (χ0) is 23.2. The lowest BCUT2D eigenvalue weighted by molar-refractivity contribution is -0.127. The molecule has 1 aromatic heterocycles. The fourth-order valence-corrected chi connectivity index (χ4v) is 4.43. The Labute approximate surface area is 192 Å². The minimum absolute atomic E-state index is 0.154. The Morgan fingerprint density at radius 1 is 1.06 bits per heavy atom. The summed E-state index contributed by atoms with van der Waals surface area (Å²) in [5.74, 6) is -1.05. The zero-order valence-corrected chi connectivity index (χ0v) is 19.1. The van der Waals surface area contributed by atoms with Crippen molar-refractivity contribution in [2.24, 2.45) is 14.1 Å². The van der Waals surface area contributed by atoms with E-state index in [1.54, 1.807) is 56.6 Å². The molecule has 1 fully saturated rings. The van der Waals surface area contributed by atoms with E-state index in [4.69, 9.17) is 11.6 Å². The average Bonchev–Trinajstić information content (AvgIpc) is 3.13. The summed E-state index contributed by atoms with van der Waals surface area (Å²) in [6.45, 7) is 1.44. The number of hydrogen-bond acceptors (Lipinski definition) is 5. The van der Waals surface area contributed by atoms with Gasteiger partial charge in [0.05, 0.1) is 15.9 Å². The van der Waals surface area contributed by atoms with Gasteiger partial charge in [-0.25, -0.2) is 4.79 Å². The van der Waals surface area contributed by atoms with Crippen molar-refractivity contribution in [3.63, 3.8) is 0 Å². The predicted octanol–water partition coefficient (Wildman–Crippen LogP) is 3.51. The van der Waals surface area contributed by atoms with Crippen LogP contribution in [0.15, 0.2) is 46.1 Å². The molecule has 4 rings (SSSR count). The summed E-state index contributed by atoms with van der Waals surface area (Å²) >= 11 is 6.84. The second kappa shape index (κ2) is 8.33. The van der Waals surface area contributed by atoms with Crippen LogP contribution in [-0.4, -0.2) is 37.6 Å². The van der Waals surface area contributed by atoms with Crippen molar-refractivity contribution in [1.29, 1.82) is 0 Å². The lowest BCUT2D eigenvalue weighted by atomic mass is 10.2. The maximum atomic E-state index is 12.8. The number of thioether (sulfide) groups is 1. The number of carbonyl (C=O) groups excluding carboxylic acids is 3. The first-order chi connectivity index (χ1) is 15.2. The van der Waals surface area contributed by atoms with Gasteiger partial charge in [-0.3, -0.25) is 28.4 Å². The number of benzene rings is 2. The normalized spacial score (nSPS) is 15.2. The Bertz CT molecular complexity index is 1390. The molecule has 32 heavy (non-hydrogen) atoms. The topological polar surface area (TPSA) is 93.4 Å². The van der Waals surface area contributed by atoms with Crippen LogP contribution in [0.3, 0.4) is 0 Å². The van der Waals surface area contributed by atoms with Crippen LogP contribution in [-0.2, 0) is 23.7 Å². The van der Waals surface area contributed by atoms with Gasteiger partial charge in [-0.1, -0.05) is 23.7 Å². The van der Waals surface area contributed by atoms with E-state index in [0.717, 1.165) is 27.7 Å². The van der Waals surface area contributed by atoms with Crippen molar-refractivity contribution < 1.29 is 14.4 Å². The SMILES string of the molecule is Cc1ccc(NC(=O)CN2C(=O)SC(=Cc3ccc4c(c3)n(C)c(=O)n4C)C2=O)cc1Cl. The first kappa shape index (κ1) is 21.9.